The van der Waals surface area contributed by atoms with Crippen molar-refractivity contribution in [1.29, 1.82) is 0 Å². The molecule has 0 fully saturated rings. The number of rotatable bonds is 6. The molecule has 0 atom stereocenters. The van der Waals surface area contributed by atoms with E-state index in [0.717, 1.165) is 0 Å². The van der Waals surface area contributed by atoms with Gasteiger partial charge in [-0.25, -0.2) is 4.79 Å². The fraction of sp³-hybridized carbons (Fsp3) is 0.750. The number of hydrogen-bond donors (Lipinski definition) is 2. The molecule has 2 amide bonds. The van der Waals surface area contributed by atoms with E-state index in [4.69, 9.17) is 4.74 Å². The van der Waals surface area contributed by atoms with Crippen molar-refractivity contribution >= 4 is 6.03 Å². The quantitative estimate of drug-likeness (QED) is 0.576. The summed E-state index contributed by atoms with van der Waals surface area (Å²) in [4.78, 5) is 10.9. The van der Waals surface area contributed by atoms with Crippen molar-refractivity contribution in [3.05, 3.63) is 6.92 Å². The van der Waals surface area contributed by atoms with Crippen LogP contribution in [0.1, 0.15) is 13.3 Å². The van der Waals surface area contributed by atoms with Gasteiger partial charge < -0.3 is 15.4 Å². The molecule has 0 aromatic rings. The fourth-order valence-electron chi connectivity index (χ4n) is 0.645. The van der Waals surface area contributed by atoms with Gasteiger partial charge in [0.1, 0.15) is 0 Å². The first kappa shape index (κ1) is 11.2. The minimum Gasteiger partial charge on any atom is -0.380 e. The first-order valence-corrected chi connectivity index (χ1v) is 4.20. The monoisotopic (exact) mass is 173 g/mol. The van der Waals surface area contributed by atoms with Crippen LogP contribution in [0, 0.1) is 6.92 Å². The fourth-order valence-corrected chi connectivity index (χ4v) is 0.645. The normalized spacial score (nSPS) is 9.50. The Balaban J connectivity index is 3.08. The Labute approximate surface area is 73.7 Å². The maximum Gasteiger partial charge on any atom is 0.314 e. The summed E-state index contributed by atoms with van der Waals surface area (Å²) in [5.74, 6) is 0. The van der Waals surface area contributed by atoms with Gasteiger partial charge >= 0.3 is 6.03 Å². The standard InChI is InChI=1S/C8H17N2O2/c1-3-5-9-8(11)10-6-7-12-4-2/h1,3-7H2,2H3,(H2,9,10,11). The van der Waals surface area contributed by atoms with Crippen molar-refractivity contribution < 1.29 is 9.53 Å². The molecule has 12 heavy (non-hydrogen) atoms. The van der Waals surface area contributed by atoms with Gasteiger partial charge in [0.15, 0.2) is 0 Å². The summed E-state index contributed by atoms with van der Waals surface area (Å²) in [6.45, 7) is 7.93. The summed E-state index contributed by atoms with van der Waals surface area (Å²) in [6, 6.07) is -0.154. The Morgan fingerprint density at radius 3 is 2.67 bits per heavy atom. The smallest absolute Gasteiger partial charge is 0.314 e. The summed E-state index contributed by atoms with van der Waals surface area (Å²) in [5.41, 5.74) is 0. The van der Waals surface area contributed by atoms with Crippen LogP contribution >= 0.6 is 0 Å². The molecule has 0 aromatic carbocycles. The SMILES string of the molecule is [CH2]CCNC(=O)NCCOCC. The van der Waals surface area contributed by atoms with Gasteiger partial charge in [-0.3, -0.25) is 0 Å². The molecular weight excluding hydrogens is 156 g/mol. The predicted molar refractivity (Wildman–Crippen MR) is 47.9 cm³/mol. The molecular formula is C8H17N2O2. The largest absolute Gasteiger partial charge is 0.380 e. The lowest BCUT2D eigenvalue weighted by molar-refractivity contribution is 0.149. The number of amides is 2. The average Bonchev–Trinajstić information content (AvgIpc) is 2.09. The molecule has 71 valence electrons. The molecule has 2 N–H and O–H groups in total. The highest BCUT2D eigenvalue weighted by atomic mass is 16.5. The van der Waals surface area contributed by atoms with Gasteiger partial charge in [-0.1, -0.05) is 6.92 Å². The van der Waals surface area contributed by atoms with E-state index in [1.807, 2.05) is 6.92 Å². The van der Waals surface area contributed by atoms with E-state index in [-0.39, 0.29) is 6.03 Å². The van der Waals surface area contributed by atoms with Crippen molar-refractivity contribution in [1.82, 2.24) is 10.6 Å². The lowest BCUT2D eigenvalue weighted by Gasteiger charge is -2.05. The summed E-state index contributed by atoms with van der Waals surface area (Å²) in [5, 5.41) is 5.29. The Hall–Kier alpha value is -0.770. The van der Waals surface area contributed by atoms with Crippen molar-refractivity contribution in [2.24, 2.45) is 0 Å². The maximum absolute atomic E-state index is 10.9. The van der Waals surface area contributed by atoms with Crippen molar-refractivity contribution in [2.75, 3.05) is 26.3 Å². The Morgan fingerprint density at radius 2 is 2.08 bits per heavy atom. The molecule has 0 unspecified atom stereocenters. The lowest BCUT2D eigenvalue weighted by Crippen LogP contribution is -2.37. The number of urea groups is 1. The minimum absolute atomic E-state index is 0.154. The van der Waals surface area contributed by atoms with Crippen LogP contribution in [-0.4, -0.2) is 32.3 Å². The second-order valence-corrected chi connectivity index (χ2v) is 2.23. The molecule has 0 aromatic heterocycles. The summed E-state index contributed by atoms with van der Waals surface area (Å²) < 4.78 is 5.03. The van der Waals surface area contributed by atoms with E-state index >= 15 is 0 Å². The molecule has 0 saturated heterocycles. The Morgan fingerprint density at radius 1 is 1.42 bits per heavy atom. The zero-order chi connectivity index (χ0) is 9.23. The van der Waals surface area contributed by atoms with Gasteiger partial charge in [-0.2, -0.15) is 0 Å². The zero-order valence-corrected chi connectivity index (χ0v) is 7.56. The molecule has 0 aliphatic carbocycles. The van der Waals surface area contributed by atoms with Crippen LogP contribution in [0.15, 0.2) is 0 Å². The van der Waals surface area contributed by atoms with Crippen LogP contribution in [0.5, 0.6) is 0 Å². The van der Waals surface area contributed by atoms with Crippen molar-refractivity contribution in [3.8, 4) is 0 Å². The van der Waals surface area contributed by atoms with Gasteiger partial charge in [-0.05, 0) is 13.3 Å². The Kier molecular flexibility index (Phi) is 7.79. The van der Waals surface area contributed by atoms with Crippen molar-refractivity contribution in [2.45, 2.75) is 13.3 Å². The van der Waals surface area contributed by atoms with E-state index < -0.39 is 0 Å². The van der Waals surface area contributed by atoms with Crippen LogP contribution in [-0.2, 0) is 4.74 Å². The van der Waals surface area contributed by atoms with Gasteiger partial charge in [-0.15, -0.1) is 0 Å². The van der Waals surface area contributed by atoms with Gasteiger partial charge in [0.2, 0.25) is 0 Å². The molecule has 4 heteroatoms. The van der Waals surface area contributed by atoms with Crippen LogP contribution < -0.4 is 10.6 Å². The van der Waals surface area contributed by atoms with Crippen LogP contribution in [0.4, 0.5) is 4.79 Å². The molecule has 0 aliphatic rings. The molecule has 0 saturated carbocycles. The van der Waals surface area contributed by atoms with Crippen molar-refractivity contribution in [3.63, 3.8) is 0 Å². The predicted octanol–water partition coefficient (Wildman–Crippen LogP) is 0.546. The van der Waals surface area contributed by atoms with Crippen LogP contribution in [0.25, 0.3) is 0 Å². The lowest BCUT2D eigenvalue weighted by atomic mass is 10.5. The molecule has 0 bridgehead atoms. The Bertz CT molecular complexity index is 118. The number of nitrogens with one attached hydrogen (secondary N) is 2. The molecule has 0 heterocycles. The van der Waals surface area contributed by atoms with E-state index in [9.17, 15) is 4.79 Å². The van der Waals surface area contributed by atoms with E-state index in [1.165, 1.54) is 0 Å². The third kappa shape index (κ3) is 7.34. The molecule has 1 radical (unpaired) electrons. The first-order valence-electron chi connectivity index (χ1n) is 4.20. The summed E-state index contributed by atoms with van der Waals surface area (Å²) in [7, 11) is 0. The number of ether oxygens (including phenoxy) is 1. The number of carbonyl (C=O) groups is 1. The van der Waals surface area contributed by atoms with Crippen LogP contribution in [0.3, 0.4) is 0 Å². The highest BCUT2D eigenvalue weighted by Crippen LogP contribution is 1.72. The summed E-state index contributed by atoms with van der Waals surface area (Å²) >= 11 is 0. The number of carbonyl (C=O) groups excluding carboxylic acids is 1. The molecule has 0 spiro atoms. The summed E-state index contributed by atoms with van der Waals surface area (Å²) in [6.07, 6.45) is 0.707. The topological polar surface area (TPSA) is 50.4 Å². The second-order valence-electron chi connectivity index (χ2n) is 2.23. The third-order valence-electron chi connectivity index (χ3n) is 1.20. The van der Waals surface area contributed by atoms with Crippen LogP contribution in [0.2, 0.25) is 0 Å². The van der Waals surface area contributed by atoms with Gasteiger partial charge in [0.25, 0.3) is 0 Å². The maximum atomic E-state index is 10.9. The van der Waals surface area contributed by atoms with E-state index in [2.05, 4.69) is 17.6 Å². The zero-order valence-electron chi connectivity index (χ0n) is 7.56. The minimum atomic E-state index is -0.154. The van der Waals surface area contributed by atoms with E-state index in [1.54, 1.807) is 0 Å². The highest BCUT2D eigenvalue weighted by molar-refractivity contribution is 5.73. The number of hydrogen-bond acceptors (Lipinski definition) is 2. The average molecular weight is 173 g/mol. The highest BCUT2D eigenvalue weighted by Gasteiger charge is 1.95. The second kappa shape index (κ2) is 8.33. The van der Waals surface area contributed by atoms with Gasteiger partial charge in [0, 0.05) is 19.7 Å². The van der Waals surface area contributed by atoms with E-state index in [0.29, 0.717) is 32.7 Å². The first-order chi connectivity index (χ1) is 5.81. The molecule has 4 nitrogen and oxygen atoms in total. The molecule has 0 rings (SSSR count). The van der Waals surface area contributed by atoms with Gasteiger partial charge in [0.05, 0.1) is 6.61 Å². The molecule has 0 aliphatic heterocycles. The third-order valence-corrected chi connectivity index (χ3v) is 1.20.